The summed E-state index contributed by atoms with van der Waals surface area (Å²) in [5.74, 6) is 0.625. The fraction of sp³-hybridized carbons (Fsp3) is 0.389. The second kappa shape index (κ2) is 8.71. The molecule has 134 valence electrons. The fourth-order valence-electron chi connectivity index (χ4n) is 2.04. The second-order valence-corrected chi connectivity index (χ2v) is 7.67. The molecule has 0 saturated heterocycles. The Bertz CT molecular complexity index is 787. The van der Waals surface area contributed by atoms with Crippen LogP contribution < -0.4 is 10.9 Å². The predicted octanol–water partition coefficient (Wildman–Crippen LogP) is 3.72. The van der Waals surface area contributed by atoms with Gasteiger partial charge in [-0.15, -0.1) is 0 Å². The van der Waals surface area contributed by atoms with Crippen LogP contribution in [0.3, 0.4) is 0 Å². The molecule has 0 fully saturated rings. The molecule has 0 atom stereocenters. The van der Waals surface area contributed by atoms with Crippen LogP contribution in [0.25, 0.3) is 0 Å². The van der Waals surface area contributed by atoms with Crippen molar-refractivity contribution < 1.29 is 9.53 Å². The van der Waals surface area contributed by atoms with E-state index >= 15 is 0 Å². The molecule has 0 aliphatic carbocycles. The molecule has 0 unspecified atom stereocenters. The van der Waals surface area contributed by atoms with E-state index in [-0.39, 0.29) is 17.6 Å². The second-order valence-electron chi connectivity index (χ2n) is 6.10. The minimum Gasteiger partial charge on any atom is -0.459 e. The molecule has 2 rings (SSSR count). The third-order valence-corrected chi connectivity index (χ3v) is 4.19. The number of aromatic amines is 1. The first-order chi connectivity index (χ1) is 11.8. The molecule has 0 spiro atoms. The van der Waals surface area contributed by atoms with Gasteiger partial charge in [-0.3, -0.25) is 9.78 Å². The van der Waals surface area contributed by atoms with Gasteiger partial charge in [-0.05, 0) is 37.3 Å². The van der Waals surface area contributed by atoms with Crippen LogP contribution >= 0.6 is 11.8 Å². The van der Waals surface area contributed by atoms with E-state index in [1.165, 1.54) is 6.07 Å². The van der Waals surface area contributed by atoms with Crippen molar-refractivity contribution in [3.63, 3.8) is 0 Å². The number of H-pyrrole nitrogens is 1. The summed E-state index contributed by atoms with van der Waals surface area (Å²) >= 11 is 1.72. The van der Waals surface area contributed by atoms with Crippen LogP contribution in [0.5, 0.6) is 0 Å². The lowest BCUT2D eigenvalue weighted by Crippen LogP contribution is -2.13. The molecule has 0 saturated carbocycles. The highest BCUT2D eigenvalue weighted by molar-refractivity contribution is 7.99. The van der Waals surface area contributed by atoms with E-state index in [0.717, 1.165) is 0 Å². The summed E-state index contributed by atoms with van der Waals surface area (Å²) in [5.41, 5.74) is 1.58. The van der Waals surface area contributed by atoms with Gasteiger partial charge in [0.15, 0.2) is 0 Å². The normalized spacial score (nSPS) is 11.0. The molecular formula is C18H23N3O3S. The van der Waals surface area contributed by atoms with Crippen molar-refractivity contribution in [3.05, 3.63) is 51.9 Å². The number of aromatic nitrogens is 2. The van der Waals surface area contributed by atoms with Gasteiger partial charge in [0.05, 0.1) is 17.4 Å². The van der Waals surface area contributed by atoms with Crippen LogP contribution in [-0.4, -0.2) is 27.3 Å². The summed E-state index contributed by atoms with van der Waals surface area (Å²) in [6, 6.07) is 8.39. The molecule has 1 aromatic carbocycles. The van der Waals surface area contributed by atoms with Crippen LogP contribution in [0.1, 0.15) is 43.7 Å². The fourth-order valence-corrected chi connectivity index (χ4v) is 2.69. The number of benzene rings is 1. The number of thioether (sulfide) groups is 1. The largest absolute Gasteiger partial charge is 0.459 e. The standard InChI is InChI=1S/C18H23N3O3S/c1-11(2)24-17(23)13-6-5-7-14(8-13)19-18-20-15(9-16(22)21-18)10-25-12(3)4/h5-9,11-12H,10H2,1-4H3,(H2,19,20,21,22). The van der Waals surface area contributed by atoms with Gasteiger partial charge < -0.3 is 10.1 Å². The molecule has 25 heavy (non-hydrogen) atoms. The zero-order valence-electron chi connectivity index (χ0n) is 14.8. The van der Waals surface area contributed by atoms with Gasteiger partial charge in [0.25, 0.3) is 5.56 Å². The summed E-state index contributed by atoms with van der Waals surface area (Å²) in [6.45, 7) is 7.79. The summed E-state index contributed by atoms with van der Waals surface area (Å²) in [6.07, 6.45) is -0.183. The zero-order valence-corrected chi connectivity index (χ0v) is 15.6. The molecule has 1 aromatic heterocycles. The average molecular weight is 361 g/mol. The maximum Gasteiger partial charge on any atom is 0.338 e. The average Bonchev–Trinajstić information content (AvgIpc) is 2.52. The molecule has 7 heteroatoms. The lowest BCUT2D eigenvalue weighted by atomic mass is 10.2. The molecule has 0 radical (unpaired) electrons. The summed E-state index contributed by atoms with van der Waals surface area (Å²) in [5, 5.41) is 3.50. The number of esters is 1. The highest BCUT2D eigenvalue weighted by Gasteiger charge is 2.10. The molecule has 0 aliphatic rings. The molecule has 0 bridgehead atoms. The van der Waals surface area contributed by atoms with Crippen molar-refractivity contribution in [3.8, 4) is 0 Å². The summed E-state index contributed by atoms with van der Waals surface area (Å²) in [4.78, 5) is 30.9. The number of rotatable bonds is 7. The maximum atomic E-state index is 12.0. The number of anilines is 2. The first-order valence-electron chi connectivity index (χ1n) is 8.13. The van der Waals surface area contributed by atoms with Gasteiger partial charge in [0, 0.05) is 17.5 Å². The van der Waals surface area contributed by atoms with E-state index in [0.29, 0.717) is 33.9 Å². The van der Waals surface area contributed by atoms with Gasteiger partial charge >= 0.3 is 5.97 Å². The predicted molar refractivity (Wildman–Crippen MR) is 102 cm³/mol. The summed E-state index contributed by atoms with van der Waals surface area (Å²) < 4.78 is 5.19. The Morgan fingerprint density at radius 2 is 2.04 bits per heavy atom. The molecule has 2 N–H and O–H groups in total. The number of hydrogen-bond acceptors (Lipinski definition) is 6. The molecule has 2 aromatic rings. The minimum absolute atomic E-state index is 0.183. The van der Waals surface area contributed by atoms with Crippen LogP contribution in [0.4, 0.5) is 11.6 Å². The van der Waals surface area contributed by atoms with Crippen molar-refractivity contribution in [2.75, 3.05) is 5.32 Å². The Balaban J connectivity index is 2.16. The monoisotopic (exact) mass is 361 g/mol. The van der Waals surface area contributed by atoms with Crippen molar-refractivity contribution in [1.29, 1.82) is 0 Å². The highest BCUT2D eigenvalue weighted by Crippen LogP contribution is 2.18. The van der Waals surface area contributed by atoms with Gasteiger partial charge in [-0.25, -0.2) is 9.78 Å². The first kappa shape index (κ1) is 19.1. The maximum absolute atomic E-state index is 12.0. The van der Waals surface area contributed by atoms with E-state index in [1.807, 2.05) is 0 Å². The van der Waals surface area contributed by atoms with E-state index in [1.54, 1.807) is 49.9 Å². The van der Waals surface area contributed by atoms with Crippen LogP contribution in [0.2, 0.25) is 0 Å². The van der Waals surface area contributed by atoms with E-state index in [9.17, 15) is 9.59 Å². The van der Waals surface area contributed by atoms with Gasteiger partial charge in [0.1, 0.15) is 0 Å². The first-order valence-corrected chi connectivity index (χ1v) is 9.18. The van der Waals surface area contributed by atoms with Crippen LogP contribution in [0.15, 0.2) is 35.1 Å². The molecule has 1 heterocycles. The molecule has 6 nitrogen and oxygen atoms in total. The Labute approximate surface area is 151 Å². The quantitative estimate of drug-likeness (QED) is 0.731. The highest BCUT2D eigenvalue weighted by atomic mass is 32.2. The van der Waals surface area contributed by atoms with Gasteiger partial charge in [-0.1, -0.05) is 19.9 Å². The number of nitrogens with zero attached hydrogens (tertiary/aromatic N) is 1. The van der Waals surface area contributed by atoms with Crippen LogP contribution in [-0.2, 0) is 10.5 Å². The van der Waals surface area contributed by atoms with Crippen molar-refractivity contribution in [1.82, 2.24) is 9.97 Å². The van der Waals surface area contributed by atoms with Gasteiger partial charge in [-0.2, -0.15) is 11.8 Å². The van der Waals surface area contributed by atoms with Gasteiger partial charge in [0.2, 0.25) is 5.95 Å². The SMILES string of the molecule is CC(C)OC(=O)c1cccc(Nc2nc(CSC(C)C)cc(=O)[nH]2)c1. The Kier molecular flexibility index (Phi) is 6.64. The van der Waals surface area contributed by atoms with E-state index in [2.05, 4.69) is 29.1 Å². The van der Waals surface area contributed by atoms with Crippen molar-refractivity contribution >= 4 is 29.4 Å². The number of nitrogens with one attached hydrogen (secondary N) is 2. The number of ether oxygens (including phenoxy) is 1. The third kappa shape index (κ3) is 6.26. The lowest BCUT2D eigenvalue weighted by molar-refractivity contribution is 0.0378. The Hall–Kier alpha value is -2.28. The zero-order chi connectivity index (χ0) is 18.4. The van der Waals surface area contributed by atoms with Crippen molar-refractivity contribution in [2.24, 2.45) is 0 Å². The molecule has 0 aliphatic heterocycles. The van der Waals surface area contributed by atoms with Crippen molar-refractivity contribution in [2.45, 2.75) is 44.8 Å². The van der Waals surface area contributed by atoms with Crippen LogP contribution in [0, 0.1) is 0 Å². The summed E-state index contributed by atoms with van der Waals surface area (Å²) in [7, 11) is 0. The molecule has 0 amide bonds. The number of carbonyl (C=O) groups is 1. The lowest BCUT2D eigenvalue weighted by Gasteiger charge is -2.10. The number of hydrogen-bond donors (Lipinski definition) is 2. The van der Waals surface area contributed by atoms with E-state index < -0.39 is 0 Å². The number of carbonyl (C=O) groups excluding carboxylic acids is 1. The smallest absolute Gasteiger partial charge is 0.338 e. The topological polar surface area (TPSA) is 84.1 Å². The Morgan fingerprint density at radius 1 is 1.28 bits per heavy atom. The minimum atomic E-state index is -0.387. The Morgan fingerprint density at radius 3 is 2.72 bits per heavy atom. The third-order valence-electron chi connectivity index (χ3n) is 3.06. The molecular weight excluding hydrogens is 338 g/mol. The van der Waals surface area contributed by atoms with E-state index in [4.69, 9.17) is 4.74 Å².